The van der Waals surface area contributed by atoms with Gasteiger partial charge in [0.1, 0.15) is 6.29 Å². The molecule has 0 spiro atoms. The molecule has 1 nitrogen and oxygen atoms in total. The molecule has 1 aliphatic rings. The average Bonchev–Trinajstić information content (AvgIpc) is 2.17. The predicted molar refractivity (Wildman–Crippen MR) is 64.6 cm³/mol. The molecule has 0 bridgehead atoms. The van der Waals surface area contributed by atoms with E-state index < -0.39 is 0 Å². The van der Waals surface area contributed by atoms with Gasteiger partial charge in [-0.25, -0.2) is 0 Å². The van der Waals surface area contributed by atoms with E-state index in [-0.39, 0.29) is 5.41 Å². The summed E-state index contributed by atoms with van der Waals surface area (Å²) in [5, 5.41) is 0. The SMILES string of the molecule is CC(C=O)=CC1C=CC(C(C)(C)C)=CC1. The van der Waals surface area contributed by atoms with Crippen LogP contribution in [0.3, 0.4) is 0 Å². The zero-order valence-electron chi connectivity index (χ0n) is 10.1. The van der Waals surface area contributed by atoms with Gasteiger partial charge in [0.15, 0.2) is 0 Å². The number of allylic oxidation sites excluding steroid dienone is 6. The molecule has 0 amide bonds. The van der Waals surface area contributed by atoms with Crippen molar-refractivity contribution in [3.05, 3.63) is 35.5 Å². The van der Waals surface area contributed by atoms with E-state index in [4.69, 9.17) is 0 Å². The molecule has 1 heteroatoms. The number of hydrogen-bond acceptors (Lipinski definition) is 1. The fourth-order valence-electron chi connectivity index (χ4n) is 1.69. The van der Waals surface area contributed by atoms with Crippen molar-refractivity contribution in [3.63, 3.8) is 0 Å². The summed E-state index contributed by atoms with van der Waals surface area (Å²) < 4.78 is 0. The lowest BCUT2D eigenvalue weighted by Gasteiger charge is -2.24. The largest absolute Gasteiger partial charge is 0.298 e. The quantitative estimate of drug-likeness (QED) is 0.495. The number of carbonyl (C=O) groups excluding carboxylic acids is 1. The molecule has 0 aromatic carbocycles. The summed E-state index contributed by atoms with van der Waals surface area (Å²) in [6.45, 7) is 8.51. The lowest BCUT2D eigenvalue weighted by atomic mass is 9.81. The molecule has 0 aliphatic heterocycles. The molecule has 0 heterocycles. The Morgan fingerprint density at radius 3 is 2.53 bits per heavy atom. The molecule has 0 N–H and O–H groups in total. The Balaban J connectivity index is 2.69. The van der Waals surface area contributed by atoms with Gasteiger partial charge in [0.25, 0.3) is 0 Å². The third-order valence-corrected chi connectivity index (χ3v) is 2.66. The van der Waals surface area contributed by atoms with E-state index >= 15 is 0 Å². The van der Waals surface area contributed by atoms with Gasteiger partial charge in [-0.3, -0.25) is 4.79 Å². The summed E-state index contributed by atoms with van der Waals surface area (Å²) >= 11 is 0. The van der Waals surface area contributed by atoms with Gasteiger partial charge in [0, 0.05) is 0 Å². The van der Waals surface area contributed by atoms with Crippen molar-refractivity contribution in [3.8, 4) is 0 Å². The maximum Gasteiger partial charge on any atom is 0.145 e. The first kappa shape index (κ1) is 12.0. The maximum atomic E-state index is 10.5. The molecule has 0 saturated carbocycles. The summed E-state index contributed by atoms with van der Waals surface area (Å²) in [6, 6.07) is 0. The summed E-state index contributed by atoms with van der Waals surface area (Å²) in [7, 11) is 0. The Labute approximate surface area is 92.6 Å². The second-order valence-corrected chi connectivity index (χ2v) is 5.20. The Kier molecular flexibility index (Phi) is 3.67. The van der Waals surface area contributed by atoms with Crippen LogP contribution in [0.5, 0.6) is 0 Å². The summed E-state index contributed by atoms with van der Waals surface area (Å²) in [4.78, 5) is 10.5. The molecule has 0 saturated heterocycles. The van der Waals surface area contributed by atoms with Gasteiger partial charge in [0.05, 0.1) is 0 Å². The van der Waals surface area contributed by atoms with E-state index in [9.17, 15) is 4.79 Å². The van der Waals surface area contributed by atoms with Crippen molar-refractivity contribution >= 4 is 6.29 Å². The lowest BCUT2D eigenvalue weighted by Crippen LogP contribution is -2.11. The van der Waals surface area contributed by atoms with E-state index in [2.05, 4.69) is 39.0 Å². The fraction of sp³-hybridized carbons (Fsp3) is 0.500. The van der Waals surface area contributed by atoms with Crippen molar-refractivity contribution < 1.29 is 4.79 Å². The van der Waals surface area contributed by atoms with Crippen molar-refractivity contribution in [1.29, 1.82) is 0 Å². The van der Waals surface area contributed by atoms with E-state index in [0.29, 0.717) is 5.92 Å². The highest BCUT2D eigenvalue weighted by molar-refractivity contribution is 5.72. The van der Waals surface area contributed by atoms with Crippen LogP contribution in [0, 0.1) is 11.3 Å². The molecule has 1 aliphatic carbocycles. The number of carbonyl (C=O) groups is 1. The van der Waals surface area contributed by atoms with E-state index in [1.807, 2.05) is 13.0 Å². The number of hydrogen-bond donors (Lipinski definition) is 0. The van der Waals surface area contributed by atoms with Crippen molar-refractivity contribution in [2.24, 2.45) is 11.3 Å². The number of aldehydes is 1. The Bertz CT molecular complexity index is 324. The zero-order valence-corrected chi connectivity index (χ0v) is 10.1. The average molecular weight is 204 g/mol. The van der Waals surface area contributed by atoms with Crippen LogP contribution >= 0.6 is 0 Å². The third kappa shape index (κ3) is 3.50. The minimum absolute atomic E-state index is 0.227. The summed E-state index contributed by atoms with van der Waals surface area (Å²) in [5.74, 6) is 0.390. The normalized spacial score (nSPS) is 22.5. The molecule has 0 aromatic rings. The standard InChI is InChI=1S/C14H20O/c1-11(10-15)9-12-5-7-13(8-6-12)14(2,3)4/h5,7-10,12H,6H2,1-4H3. The van der Waals surface area contributed by atoms with Crippen LogP contribution in [-0.4, -0.2) is 6.29 Å². The van der Waals surface area contributed by atoms with Gasteiger partial charge in [-0.15, -0.1) is 0 Å². The summed E-state index contributed by atoms with van der Waals surface area (Å²) in [5.41, 5.74) is 2.43. The van der Waals surface area contributed by atoms with Crippen molar-refractivity contribution in [2.45, 2.75) is 34.1 Å². The zero-order chi connectivity index (χ0) is 11.5. The van der Waals surface area contributed by atoms with Gasteiger partial charge in [-0.1, -0.05) is 45.1 Å². The molecule has 0 radical (unpaired) electrons. The van der Waals surface area contributed by atoms with Gasteiger partial charge >= 0.3 is 0 Å². The van der Waals surface area contributed by atoms with Crippen molar-refractivity contribution in [2.75, 3.05) is 0 Å². The van der Waals surface area contributed by atoms with E-state index in [1.165, 1.54) is 5.57 Å². The number of rotatable bonds is 2. The molecule has 15 heavy (non-hydrogen) atoms. The van der Waals surface area contributed by atoms with Crippen LogP contribution < -0.4 is 0 Å². The Morgan fingerprint density at radius 1 is 1.47 bits per heavy atom. The molecule has 82 valence electrons. The molecule has 1 unspecified atom stereocenters. The van der Waals surface area contributed by atoms with Gasteiger partial charge in [0.2, 0.25) is 0 Å². The third-order valence-electron chi connectivity index (χ3n) is 2.66. The second-order valence-electron chi connectivity index (χ2n) is 5.20. The molecule has 0 fully saturated rings. The van der Waals surface area contributed by atoms with Crippen LogP contribution in [0.2, 0.25) is 0 Å². The monoisotopic (exact) mass is 204 g/mol. The second kappa shape index (κ2) is 4.61. The van der Waals surface area contributed by atoms with Crippen LogP contribution in [0.4, 0.5) is 0 Å². The maximum absolute atomic E-state index is 10.5. The molecular formula is C14H20O. The van der Waals surface area contributed by atoms with E-state index in [0.717, 1.165) is 18.3 Å². The highest BCUT2D eigenvalue weighted by atomic mass is 16.1. The van der Waals surface area contributed by atoms with Crippen molar-refractivity contribution in [1.82, 2.24) is 0 Å². The molecule has 1 atom stereocenters. The molecule has 0 aromatic heterocycles. The first-order valence-electron chi connectivity index (χ1n) is 5.46. The smallest absolute Gasteiger partial charge is 0.145 e. The minimum atomic E-state index is 0.227. The van der Waals surface area contributed by atoms with Gasteiger partial charge in [-0.2, -0.15) is 0 Å². The van der Waals surface area contributed by atoms with Crippen LogP contribution in [-0.2, 0) is 4.79 Å². The fourth-order valence-corrected chi connectivity index (χ4v) is 1.69. The minimum Gasteiger partial charge on any atom is -0.298 e. The Hall–Kier alpha value is -1.11. The lowest BCUT2D eigenvalue weighted by molar-refractivity contribution is -0.104. The predicted octanol–water partition coefficient (Wildman–Crippen LogP) is 3.68. The molecular weight excluding hydrogens is 184 g/mol. The van der Waals surface area contributed by atoms with E-state index in [1.54, 1.807) is 0 Å². The first-order valence-corrected chi connectivity index (χ1v) is 5.46. The summed E-state index contributed by atoms with van der Waals surface area (Å²) in [6.07, 6.45) is 10.6. The highest BCUT2D eigenvalue weighted by Crippen LogP contribution is 2.31. The van der Waals surface area contributed by atoms with Crippen LogP contribution in [0.15, 0.2) is 35.5 Å². The van der Waals surface area contributed by atoms with Crippen LogP contribution in [0.1, 0.15) is 34.1 Å². The van der Waals surface area contributed by atoms with Gasteiger partial charge < -0.3 is 0 Å². The highest BCUT2D eigenvalue weighted by Gasteiger charge is 2.17. The van der Waals surface area contributed by atoms with Crippen LogP contribution in [0.25, 0.3) is 0 Å². The molecule has 1 rings (SSSR count). The van der Waals surface area contributed by atoms with Gasteiger partial charge in [-0.05, 0) is 35.8 Å². The first-order chi connectivity index (χ1) is 6.93. The topological polar surface area (TPSA) is 17.1 Å². The Morgan fingerprint density at radius 2 is 2.13 bits per heavy atom.